The number of nitriles is 1. The van der Waals surface area contributed by atoms with Crippen molar-refractivity contribution in [1.82, 2.24) is 0 Å². The van der Waals surface area contributed by atoms with Gasteiger partial charge in [-0.3, -0.25) is 5.73 Å². The molecule has 4 heteroatoms. The van der Waals surface area contributed by atoms with Crippen molar-refractivity contribution in [3.63, 3.8) is 0 Å². The Hall–Kier alpha value is -1.57. The summed E-state index contributed by atoms with van der Waals surface area (Å²) in [6.07, 6.45) is -1.07. The van der Waals surface area contributed by atoms with E-state index < -0.39 is 12.3 Å². The fourth-order valence-corrected chi connectivity index (χ4v) is 1.63. The summed E-state index contributed by atoms with van der Waals surface area (Å²) in [5, 5.41) is 18.9. The molecule has 0 bridgehead atoms. The van der Waals surface area contributed by atoms with Crippen LogP contribution in [0.1, 0.15) is 32.8 Å². The van der Waals surface area contributed by atoms with Crippen LogP contribution in [0.4, 0.5) is 0 Å². The Bertz CT molecular complexity index is 432. The van der Waals surface area contributed by atoms with Gasteiger partial charge in [0.1, 0.15) is 17.9 Å². The molecule has 1 aromatic rings. The zero-order valence-electron chi connectivity index (χ0n) is 11.1. The molecule has 0 aromatic heterocycles. The third kappa shape index (κ3) is 4.36. The number of para-hydroxylation sites is 1. The first-order valence-electron chi connectivity index (χ1n) is 5.93. The van der Waals surface area contributed by atoms with Gasteiger partial charge in [0.25, 0.3) is 0 Å². The van der Waals surface area contributed by atoms with E-state index in [0.717, 1.165) is 0 Å². The smallest absolute Gasteiger partial charge is 0.173 e. The Balaban J connectivity index is 2.70. The zero-order chi connectivity index (χ0) is 13.8. The average Bonchev–Trinajstić information content (AvgIpc) is 2.27. The molecule has 3 N–H and O–H groups in total. The van der Waals surface area contributed by atoms with Crippen LogP contribution >= 0.6 is 0 Å². The quantitative estimate of drug-likeness (QED) is 0.799. The number of aliphatic hydroxyl groups is 1. The van der Waals surface area contributed by atoms with Gasteiger partial charge in [0.2, 0.25) is 0 Å². The van der Waals surface area contributed by atoms with Gasteiger partial charge in [-0.25, -0.2) is 0 Å². The molecular formula is C14H20N2O2. The van der Waals surface area contributed by atoms with Crippen LogP contribution in [-0.4, -0.2) is 17.4 Å². The normalized spacial score (nSPS) is 14.7. The topological polar surface area (TPSA) is 79.3 Å². The molecule has 0 aliphatic heterocycles. The first-order chi connectivity index (χ1) is 8.33. The minimum absolute atomic E-state index is 0.0326. The van der Waals surface area contributed by atoms with Gasteiger partial charge in [-0.15, -0.1) is 0 Å². The molecule has 4 nitrogen and oxygen atoms in total. The molecule has 1 rings (SSSR count). The second-order valence-electron chi connectivity index (χ2n) is 5.52. The Morgan fingerprint density at radius 1 is 1.39 bits per heavy atom. The largest absolute Gasteiger partial charge is 0.471 e. The van der Waals surface area contributed by atoms with Crippen molar-refractivity contribution in [2.24, 2.45) is 11.1 Å². The van der Waals surface area contributed by atoms with E-state index in [1.807, 2.05) is 26.8 Å². The first-order valence-corrected chi connectivity index (χ1v) is 5.93. The number of benzene rings is 1. The lowest BCUT2D eigenvalue weighted by molar-refractivity contribution is 0.0140. The van der Waals surface area contributed by atoms with Crippen molar-refractivity contribution in [1.29, 1.82) is 5.26 Å². The minimum atomic E-state index is -0.835. The van der Waals surface area contributed by atoms with Crippen LogP contribution in [0.15, 0.2) is 24.3 Å². The second-order valence-corrected chi connectivity index (χ2v) is 5.52. The van der Waals surface area contributed by atoms with Gasteiger partial charge in [-0.05, 0) is 24.0 Å². The van der Waals surface area contributed by atoms with Crippen LogP contribution in [0.25, 0.3) is 0 Å². The summed E-state index contributed by atoms with van der Waals surface area (Å²) in [6.45, 7) is 6.06. The summed E-state index contributed by atoms with van der Waals surface area (Å²) in [5.74, 6) is 0.403. The molecule has 98 valence electrons. The van der Waals surface area contributed by atoms with Crippen LogP contribution in [0.5, 0.6) is 5.75 Å². The van der Waals surface area contributed by atoms with Gasteiger partial charge in [-0.2, -0.15) is 5.26 Å². The molecule has 0 saturated heterocycles. The van der Waals surface area contributed by atoms with Crippen molar-refractivity contribution < 1.29 is 9.84 Å². The molecule has 0 saturated carbocycles. The number of hydrogen-bond donors (Lipinski definition) is 2. The second kappa shape index (κ2) is 5.85. The number of nitrogens with zero attached hydrogens (tertiary/aromatic N) is 1. The molecule has 0 fully saturated rings. The SMILES string of the molecule is CC(C)(C)CC(O)C(N)Oc1ccccc1C#N. The van der Waals surface area contributed by atoms with E-state index in [2.05, 4.69) is 0 Å². The van der Waals surface area contributed by atoms with E-state index in [9.17, 15) is 5.11 Å². The maximum Gasteiger partial charge on any atom is 0.173 e. The zero-order valence-corrected chi connectivity index (χ0v) is 11.1. The number of ether oxygens (including phenoxy) is 1. The Morgan fingerprint density at radius 2 is 2.00 bits per heavy atom. The van der Waals surface area contributed by atoms with E-state index in [4.69, 9.17) is 15.7 Å². The van der Waals surface area contributed by atoms with Gasteiger partial charge in [0, 0.05) is 0 Å². The van der Waals surface area contributed by atoms with Gasteiger partial charge in [0.05, 0.1) is 5.56 Å². The summed E-state index contributed by atoms with van der Waals surface area (Å²) in [7, 11) is 0. The highest BCUT2D eigenvalue weighted by Crippen LogP contribution is 2.24. The molecule has 0 heterocycles. The number of nitrogens with two attached hydrogens (primary N) is 1. The fourth-order valence-electron chi connectivity index (χ4n) is 1.63. The lowest BCUT2D eigenvalue weighted by Crippen LogP contribution is -2.41. The molecule has 1 aromatic carbocycles. The lowest BCUT2D eigenvalue weighted by atomic mass is 9.89. The predicted octanol–water partition coefficient (Wildman–Crippen LogP) is 2.02. The molecule has 2 atom stereocenters. The highest BCUT2D eigenvalue weighted by atomic mass is 16.5. The summed E-state index contributed by atoms with van der Waals surface area (Å²) >= 11 is 0. The van der Waals surface area contributed by atoms with Crippen molar-refractivity contribution in [3.8, 4) is 11.8 Å². The van der Waals surface area contributed by atoms with Crippen LogP contribution in [-0.2, 0) is 0 Å². The molecular weight excluding hydrogens is 228 g/mol. The van der Waals surface area contributed by atoms with Crippen LogP contribution < -0.4 is 10.5 Å². The highest BCUT2D eigenvalue weighted by Gasteiger charge is 2.23. The maximum atomic E-state index is 9.95. The average molecular weight is 248 g/mol. The fraction of sp³-hybridized carbons (Fsp3) is 0.500. The van der Waals surface area contributed by atoms with Gasteiger partial charge in [-0.1, -0.05) is 32.9 Å². The molecule has 0 amide bonds. The summed E-state index contributed by atoms with van der Waals surface area (Å²) in [6, 6.07) is 8.86. The third-order valence-electron chi connectivity index (χ3n) is 2.47. The number of rotatable bonds is 4. The standard InChI is InChI=1S/C14H20N2O2/c1-14(2,3)8-11(17)13(16)18-12-7-5-4-6-10(12)9-15/h4-7,11,13,17H,8,16H2,1-3H3. The van der Waals surface area contributed by atoms with Gasteiger partial charge in [0.15, 0.2) is 6.23 Å². The third-order valence-corrected chi connectivity index (χ3v) is 2.47. The summed E-state index contributed by atoms with van der Waals surface area (Å²) in [5.41, 5.74) is 6.18. The molecule has 18 heavy (non-hydrogen) atoms. The number of hydrogen-bond acceptors (Lipinski definition) is 4. The first kappa shape index (κ1) is 14.5. The molecule has 0 aliphatic carbocycles. The lowest BCUT2D eigenvalue weighted by Gasteiger charge is -2.26. The van der Waals surface area contributed by atoms with Gasteiger partial charge >= 0.3 is 0 Å². The molecule has 0 radical (unpaired) electrons. The Labute approximate surface area is 108 Å². The van der Waals surface area contributed by atoms with E-state index in [0.29, 0.717) is 17.7 Å². The summed E-state index contributed by atoms with van der Waals surface area (Å²) in [4.78, 5) is 0. The van der Waals surface area contributed by atoms with Crippen LogP contribution in [0.3, 0.4) is 0 Å². The van der Waals surface area contributed by atoms with Crippen molar-refractivity contribution in [3.05, 3.63) is 29.8 Å². The predicted molar refractivity (Wildman–Crippen MR) is 69.8 cm³/mol. The van der Waals surface area contributed by atoms with Crippen LogP contribution in [0.2, 0.25) is 0 Å². The monoisotopic (exact) mass is 248 g/mol. The minimum Gasteiger partial charge on any atom is -0.471 e. The maximum absolute atomic E-state index is 9.95. The van der Waals surface area contributed by atoms with E-state index >= 15 is 0 Å². The van der Waals surface area contributed by atoms with E-state index in [1.165, 1.54) is 0 Å². The highest BCUT2D eigenvalue weighted by molar-refractivity contribution is 5.42. The Kier molecular flexibility index (Phi) is 4.71. The van der Waals surface area contributed by atoms with E-state index in [1.54, 1.807) is 24.3 Å². The van der Waals surface area contributed by atoms with E-state index in [-0.39, 0.29) is 5.41 Å². The van der Waals surface area contributed by atoms with Crippen molar-refractivity contribution >= 4 is 0 Å². The number of aliphatic hydroxyl groups excluding tert-OH is 1. The summed E-state index contributed by atoms with van der Waals surface area (Å²) < 4.78 is 5.45. The van der Waals surface area contributed by atoms with Crippen LogP contribution in [0, 0.1) is 16.7 Å². The van der Waals surface area contributed by atoms with Crippen molar-refractivity contribution in [2.45, 2.75) is 39.5 Å². The van der Waals surface area contributed by atoms with Crippen molar-refractivity contribution in [2.75, 3.05) is 0 Å². The molecule has 0 spiro atoms. The molecule has 2 unspecified atom stereocenters. The molecule has 0 aliphatic rings. The Morgan fingerprint density at radius 3 is 2.56 bits per heavy atom. The van der Waals surface area contributed by atoms with Gasteiger partial charge < -0.3 is 9.84 Å².